The van der Waals surface area contributed by atoms with Gasteiger partial charge >= 0.3 is 0 Å². The molecule has 0 bridgehead atoms. The van der Waals surface area contributed by atoms with E-state index in [1.165, 1.54) is 16.7 Å². The molecule has 2 aromatic carbocycles. The van der Waals surface area contributed by atoms with E-state index in [-0.39, 0.29) is 16.2 Å². The number of hydrogen-bond donors (Lipinski definition) is 2. The summed E-state index contributed by atoms with van der Waals surface area (Å²) in [4.78, 5) is 0. The summed E-state index contributed by atoms with van der Waals surface area (Å²) in [6, 6.07) is 6.41. The van der Waals surface area contributed by atoms with Crippen LogP contribution in [0, 0.1) is 13.8 Å². The summed E-state index contributed by atoms with van der Waals surface area (Å²) in [6.45, 7) is 27.7. The molecule has 0 atom stereocenters. The fraction of sp³-hybridized carbons (Fsp3) is 0.600. The Hall–Kier alpha value is -1.96. The number of benzene rings is 2. The Morgan fingerprint density at radius 3 is 1.28 bits per heavy atom. The van der Waals surface area contributed by atoms with Crippen LogP contribution < -0.4 is 0 Å². The third-order valence-corrected chi connectivity index (χ3v) is 6.26. The van der Waals surface area contributed by atoms with Crippen LogP contribution in [0.25, 0.3) is 0 Å². The molecule has 0 saturated carbocycles. The van der Waals surface area contributed by atoms with Gasteiger partial charge in [0.2, 0.25) is 0 Å². The minimum atomic E-state index is -0.0186. The molecular weight excluding hydrogens is 392 g/mol. The van der Waals surface area contributed by atoms with E-state index in [2.05, 4.69) is 101 Å². The Morgan fingerprint density at radius 2 is 0.969 bits per heavy atom. The number of phenolic OH excluding ortho intramolecular Hbond substituents is 2. The van der Waals surface area contributed by atoms with Crippen molar-refractivity contribution in [2.45, 2.75) is 119 Å². The van der Waals surface area contributed by atoms with E-state index in [0.29, 0.717) is 11.5 Å². The molecule has 0 spiro atoms. The molecule has 0 radical (unpaired) electrons. The number of rotatable bonds is 2. The summed E-state index contributed by atoms with van der Waals surface area (Å²) in [5.41, 5.74) is 8.05. The van der Waals surface area contributed by atoms with Crippen molar-refractivity contribution >= 4 is 0 Å². The molecule has 2 rings (SSSR count). The van der Waals surface area contributed by atoms with Crippen LogP contribution in [0.3, 0.4) is 0 Å². The summed E-state index contributed by atoms with van der Waals surface area (Å²) in [7, 11) is 0. The Morgan fingerprint density at radius 1 is 0.594 bits per heavy atom. The fourth-order valence-electron chi connectivity index (χ4n) is 4.17. The molecule has 0 saturated heterocycles. The van der Waals surface area contributed by atoms with E-state index in [1.807, 2.05) is 6.92 Å². The van der Waals surface area contributed by atoms with Crippen molar-refractivity contribution < 1.29 is 10.2 Å². The first-order valence-electron chi connectivity index (χ1n) is 12.1. The van der Waals surface area contributed by atoms with E-state index in [1.54, 1.807) is 0 Å². The highest BCUT2D eigenvalue weighted by atomic mass is 16.3. The lowest BCUT2D eigenvalue weighted by molar-refractivity contribution is 0.422. The van der Waals surface area contributed by atoms with Crippen LogP contribution in [0.5, 0.6) is 11.5 Å². The Labute approximate surface area is 198 Å². The van der Waals surface area contributed by atoms with Crippen LogP contribution in [-0.2, 0) is 29.1 Å². The van der Waals surface area contributed by atoms with Crippen molar-refractivity contribution in [3.05, 3.63) is 57.1 Å². The smallest absolute Gasteiger partial charge is 0.123 e. The van der Waals surface area contributed by atoms with E-state index < -0.39 is 0 Å². The number of phenols is 2. The molecule has 0 aliphatic carbocycles. The van der Waals surface area contributed by atoms with Gasteiger partial charge in [0.1, 0.15) is 11.5 Å². The minimum absolute atomic E-state index is 0.00583. The SMILES string of the molecule is CCc1c(C)cc(C(C)(C)C)c(O)c1C.CCc1cc(C(C)(C)C)c(O)c(C(C)(C)C)c1. The maximum absolute atomic E-state index is 10.5. The molecule has 2 aromatic rings. The standard InChI is InChI=1S/C16H26O.C14H22O/c1-8-11-9-12(15(2,3)4)14(17)13(10-11)16(5,6)7;1-7-11-9(2)8-12(14(4,5)6)13(15)10(11)3/h9-10,17H,8H2,1-7H3;8,15H,7H2,1-6H3. The molecular formula is C30H48O2. The molecule has 2 heteroatoms. The molecule has 0 aromatic heterocycles. The van der Waals surface area contributed by atoms with Crippen LogP contribution >= 0.6 is 0 Å². The van der Waals surface area contributed by atoms with Gasteiger partial charge in [-0.1, -0.05) is 94.4 Å². The normalized spacial score (nSPS) is 12.4. The highest BCUT2D eigenvalue weighted by Crippen LogP contribution is 2.40. The second kappa shape index (κ2) is 9.89. The first-order chi connectivity index (χ1) is 14.4. The van der Waals surface area contributed by atoms with E-state index in [4.69, 9.17) is 0 Å². The van der Waals surface area contributed by atoms with Gasteiger partial charge in [0.05, 0.1) is 0 Å². The molecule has 32 heavy (non-hydrogen) atoms. The average molecular weight is 441 g/mol. The quantitative estimate of drug-likeness (QED) is 0.492. The summed E-state index contributed by atoms with van der Waals surface area (Å²) in [5, 5.41) is 20.6. The molecule has 2 N–H and O–H groups in total. The van der Waals surface area contributed by atoms with Gasteiger partial charge in [0.25, 0.3) is 0 Å². The van der Waals surface area contributed by atoms with Crippen LogP contribution in [-0.4, -0.2) is 10.2 Å². The fourth-order valence-corrected chi connectivity index (χ4v) is 4.17. The lowest BCUT2D eigenvalue weighted by Gasteiger charge is -2.28. The van der Waals surface area contributed by atoms with Crippen LogP contribution in [0.15, 0.2) is 18.2 Å². The van der Waals surface area contributed by atoms with Gasteiger partial charge in [-0.2, -0.15) is 0 Å². The zero-order valence-electron chi connectivity index (χ0n) is 23.0. The predicted octanol–water partition coefficient (Wildman–Crippen LogP) is 8.42. The van der Waals surface area contributed by atoms with Gasteiger partial charge < -0.3 is 10.2 Å². The van der Waals surface area contributed by atoms with Crippen molar-refractivity contribution in [2.24, 2.45) is 0 Å². The summed E-state index contributed by atoms with van der Waals surface area (Å²) in [5.74, 6) is 0.951. The maximum Gasteiger partial charge on any atom is 0.123 e. The van der Waals surface area contributed by atoms with Gasteiger partial charge in [-0.05, 0) is 81.9 Å². The van der Waals surface area contributed by atoms with Crippen LogP contribution in [0.1, 0.15) is 115 Å². The highest BCUT2D eigenvalue weighted by Gasteiger charge is 2.26. The predicted molar refractivity (Wildman–Crippen MR) is 141 cm³/mol. The van der Waals surface area contributed by atoms with E-state index in [9.17, 15) is 10.2 Å². The van der Waals surface area contributed by atoms with Crippen molar-refractivity contribution in [1.82, 2.24) is 0 Å². The number of aromatic hydroxyl groups is 2. The van der Waals surface area contributed by atoms with Crippen molar-refractivity contribution in [2.75, 3.05) is 0 Å². The average Bonchev–Trinajstić information content (AvgIpc) is 2.63. The van der Waals surface area contributed by atoms with Gasteiger partial charge in [-0.25, -0.2) is 0 Å². The summed E-state index contributed by atoms with van der Waals surface area (Å²) in [6.07, 6.45) is 1.99. The molecule has 2 nitrogen and oxygen atoms in total. The van der Waals surface area contributed by atoms with Gasteiger partial charge in [0, 0.05) is 0 Å². The van der Waals surface area contributed by atoms with Crippen LogP contribution in [0.2, 0.25) is 0 Å². The molecule has 0 aliphatic heterocycles. The Balaban J connectivity index is 0.000000323. The molecule has 0 amide bonds. The monoisotopic (exact) mass is 440 g/mol. The summed E-state index contributed by atoms with van der Waals surface area (Å²) >= 11 is 0. The second-order valence-electron chi connectivity index (χ2n) is 12.2. The van der Waals surface area contributed by atoms with Crippen molar-refractivity contribution in [1.29, 1.82) is 0 Å². The number of hydrogen-bond acceptors (Lipinski definition) is 2. The largest absolute Gasteiger partial charge is 0.507 e. The van der Waals surface area contributed by atoms with Crippen molar-refractivity contribution in [3.8, 4) is 11.5 Å². The lowest BCUT2D eigenvalue weighted by Crippen LogP contribution is -2.17. The second-order valence-corrected chi connectivity index (χ2v) is 12.2. The summed E-state index contributed by atoms with van der Waals surface area (Å²) < 4.78 is 0. The van der Waals surface area contributed by atoms with Gasteiger partial charge in [0.15, 0.2) is 0 Å². The van der Waals surface area contributed by atoms with Crippen molar-refractivity contribution in [3.63, 3.8) is 0 Å². The molecule has 0 heterocycles. The third kappa shape index (κ3) is 6.53. The Bertz CT molecular complexity index is 894. The minimum Gasteiger partial charge on any atom is -0.507 e. The zero-order valence-corrected chi connectivity index (χ0v) is 23.0. The maximum atomic E-state index is 10.5. The topological polar surface area (TPSA) is 40.5 Å². The number of aryl methyl sites for hydroxylation is 2. The highest BCUT2D eigenvalue weighted by molar-refractivity contribution is 5.51. The first kappa shape index (κ1) is 28.1. The third-order valence-electron chi connectivity index (χ3n) is 6.26. The van der Waals surface area contributed by atoms with Gasteiger partial charge in [-0.3, -0.25) is 0 Å². The molecule has 0 aliphatic rings. The lowest BCUT2D eigenvalue weighted by atomic mass is 9.78. The van der Waals surface area contributed by atoms with E-state index in [0.717, 1.165) is 35.1 Å². The Kier molecular flexibility index (Phi) is 8.68. The molecule has 0 unspecified atom stereocenters. The zero-order chi connectivity index (χ0) is 25.2. The van der Waals surface area contributed by atoms with Gasteiger partial charge in [-0.15, -0.1) is 0 Å². The van der Waals surface area contributed by atoms with E-state index >= 15 is 0 Å². The van der Waals surface area contributed by atoms with Crippen LogP contribution in [0.4, 0.5) is 0 Å². The molecule has 180 valence electrons. The molecule has 0 fully saturated rings. The first-order valence-corrected chi connectivity index (χ1v) is 12.1.